The monoisotopic (exact) mass is 236 g/mol. The van der Waals surface area contributed by atoms with E-state index in [1.54, 1.807) is 6.92 Å². The van der Waals surface area contributed by atoms with E-state index in [9.17, 15) is 4.79 Å². The molecule has 0 saturated carbocycles. The molecular formula is C13H20N2O2. The van der Waals surface area contributed by atoms with Crippen LogP contribution >= 0.6 is 0 Å². The van der Waals surface area contributed by atoms with Gasteiger partial charge in [-0.2, -0.15) is 0 Å². The highest BCUT2D eigenvalue weighted by Gasteiger charge is 2.04. The predicted molar refractivity (Wildman–Crippen MR) is 69.2 cm³/mol. The van der Waals surface area contributed by atoms with E-state index >= 15 is 0 Å². The summed E-state index contributed by atoms with van der Waals surface area (Å²) in [6, 6.07) is 5.63. The van der Waals surface area contributed by atoms with Crippen molar-refractivity contribution in [1.29, 1.82) is 0 Å². The van der Waals surface area contributed by atoms with Crippen LogP contribution in [0.5, 0.6) is 0 Å². The number of amides is 2. The Morgan fingerprint density at radius 1 is 1.41 bits per heavy atom. The fourth-order valence-electron chi connectivity index (χ4n) is 1.51. The van der Waals surface area contributed by atoms with E-state index < -0.39 is 6.10 Å². The van der Waals surface area contributed by atoms with Gasteiger partial charge in [0.05, 0.1) is 6.10 Å². The Morgan fingerprint density at radius 2 is 2.12 bits per heavy atom. The lowest BCUT2D eigenvalue weighted by Gasteiger charge is -2.11. The zero-order valence-electron chi connectivity index (χ0n) is 10.6. The van der Waals surface area contributed by atoms with Crippen molar-refractivity contribution in [3.8, 4) is 0 Å². The van der Waals surface area contributed by atoms with Gasteiger partial charge in [-0.1, -0.05) is 17.7 Å². The van der Waals surface area contributed by atoms with Gasteiger partial charge in [-0.15, -0.1) is 0 Å². The standard InChI is InChI=1S/C13H20N2O2/c1-9-4-5-12(10(2)8-9)15-13(17)14-7-6-11(3)16/h4-5,8,11,16H,6-7H2,1-3H3,(H2,14,15,17). The summed E-state index contributed by atoms with van der Waals surface area (Å²) < 4.78 is 0. The van der Waals surface area contributed by atoms with Crippen LogP contribution in [0.2, 0.25) is 0 Å². The molecule has 0 aliphatic carbocycles. The van der Waals surface area contributed by atoms with E-state index in [0.717, 1.165) is 11.3 Å². The molecule has 1 rings (SSSR count). The van der Waals surface area contributed by atoms with Crippen LogP contribution in [-0.4, -0.2) is 23.8 Å². The molecule has 1 aromatic rings. The van der Waals surface area contributed by atoms with Gasteiger partial charge in [0, 0.05) is 12.2 Å². The van der Waals surface area contributed by atoms with E-state index in [2.05, 4.69) is 10.6 Å². The lowest BCUT2D eigenvalue weighted by atomic mass is 10.1. The molecule has 4 nitrogen and oxygen atoms in total. The lowest BCUT2D eigenvalue weighted by molar-refractivity contribution is 0.184. The third-order valence-electron chi connectivity index (χ3n) is 2.48. The number of carbonyl (C=O) groups excluding carboxylic acids is 1. The van der Waals surface area contributed by atoms with Crippen molar-refractivity contribution in [3.05, 3.63) is 29.3 Å². The molecule has 0 saturated heterocycles. The molecule has 0 spiro atoms. The van der Waals surface area contributed by atoms with E-state index in [1.807, 2.05) is 32.0 Å². The smallest absolute Gasteiger partial charge is 0.319 e. The number of aliphatic hydroxyl groups is 1. The van der Waals surface area contributed by atoms with Gasteiger partial charge < -0.3 is 15.7 Å². The molecule has 0 aromatic heterocycles. The van der Waals surface area contributed by atoms with Gasteiger partial charge in [-0.25, -0.2) is 4.79 Å². The van der Waals surface area contributed by atoms with Crippen molar-refractivity contribution < 1.29 is 9.90 Å². The summed E-state index contributed by atoms with van der Waals surface area (Å²) in [5, 5.41) is 14.5. The summed E-state index contributed by atoms with van der Waals surface area (Å²) in [6.45, 7) is 6.13. The highest BCUT2D eigenvalue weighted by molar-refractivity contribution is 5.90. The van der Waals surface area contributed by atoms with Gasteiger partial charge in [0.2, 0.25) is 0 Å². The largest absolute Gasteiger partial charge is 0.393 e. The highest BCUT2D eigenvalue weighted by atomic mass is 16.3. The van der Waals surface area contributed by atoms with E-state index in [0.29, 0.717) is 13.0 Å². The zero-order valence-corrected chi connectivity index (χ0v) is 10.6. The third kappa shape index (κ3) is 4.87. The van der Waals surface area contributed by atoms with Crippen LogP contribution in [0.3, 0.4) is 0 Å². The Labute approximate surface area is 102 Å². The third-order valence-corrected chi connectivity index (χ3v) is 2.48. The van der Waals surface area contributed by atoms with Gasteiger partial charge >= 0.3 is 6.03 Å². The van der Waals surface area contributed by atoms with Gasteiger partial charge in [-0.05, 0) is 38.8 Å². The van der Waals surface area contributed by atoms with Crippen LogP contribution in [0.1, 0.15) is 24.5 Å². The van der Waals surface area contributed by atoms with Crippen molar-refractivity contribution in [1.82, 2.24) is 5.32 Å². The van der Waals surface area contributed by atoms with Crippen LogP contribution in [0, 0.1) is 13.8 Å². The Balaban J connectivity index is 2.45. The minimum Gasteiger partial charge on any atom is -0.393 e. The Hall–Kier alpha value is -1.55. The SMILES string of the molecule is Cc1ccc(NC(=O)NCCC(C)O)c(C)c1. The zero-order chi connectivity index (χ0) is 12.8. The molecule has 3 N–H and O–H groups in total. The minimum atomic E-state index is -0.392. The van der Waals surface area contributed by atoms with Crippen LogP contribution < -0.4 is 10.6 Å². The number of nitrogens with one attached hydrogen (secondary N) is 2. The number of anilines is 1. The molecular weight excluding hydrogens is 216 g/mol. The second-order valence-electron chi connectivity index (χ2n) is 4.34. The number of carbonyl (C=O) groups is 1. The average molecular weight is 236 g/mol. The van der Waals surface area contributed by atoms with Crippen LogP contribution in [0.15, 0.2) is 18.2 Å². The number of rotatable bonds is 4. The van der Waals surface area contributed by atoms with Gasteiger partial charge in [-0.3, -0.25) is 0 Å². The maximum absolute atomic E-state index is 11.5. The summed E-state index contributed by atoms with van der Waals surface area (Å²) in [5.41, 5.74) is 3.02. The van der Waals surface area contributed by atoms with Crippen molar-refractivity contribution in [2.24, 2.45) is 0 Å². The molecule has 0 heterocycles. The van der Waals surface area contributed by atoms with E-state index in [-0.39, 0.29) is 6.03 Å². The molecule has 4 heteroatoms. The maximum atomic E-state index is 11.5. The number of hydrogen-bond donors (Lipinski definition) is 3. The average Bonchev–Trinajstić information content (AvgIpc) is 2.21. The molecule has 0 bridgehead atoms. The van der Waals surface area contributed by atoms with Gasteiger partial charge in [0.25, 0.3) is 0 Å². The highest BCUT2D eigenvalue weighted by Crippen LogP contribution is 2.15. The molecule has 0 radical (unpaired) electrons. The number of hydrogen-bond acceptors (Lipinski definition) is 2. The normalized spacial score (nSPS) is 12.0. The number of aliphatic hydroxyl groups excluding tert-OH is 1. The van der Waals surface area contributed by atoms with Crippen LogP contribution in [0.25, 0.3) is 0 Å². The molecule has 2 amide bonds. The summed E-state index contributed by atoms with van der Waals surface area (Å²) in [7, 11) is 0. The van der Waals surface area contributed by atoms with Crippen molar-refractivity contribution >= 4 is 11.7 Å². The van der Waals surface area contributed by atoms with Crippen molar-refractivity contribution in [2.45, 2.75) is 33.3 Å². The Kier molecular flexibility index (Phi) is 4.97. The summed E-state index contributed by atoms with van der Waals surface area (Å²) in [5.74, 6) is 0. The minimum absolute atomic E-state index is 0.238. The molecule has 0 aliphatic rings. The molecule has 1 unspecified atom stereocenters. The first kappa shape index (κ1) is 13.5. The lowest BCUT2D eigenvalue weighted by Crippen LogP contribution is -2.31. The molecule has 94 valence electrons. The van der Waals surface area contributed by atoms with E-state index in [1.165, 1.54) is 5.56 Å². The van der Waals surface area contributed by atoms with E-state index in [4.69, 9.17) is 5.11 Å². The number of urea groups is 1. The molecule has 17 heavy (non-hydrogen) atoms. The van der Waals surface area contributed by atoms with Gasteiger partial charge in [0.1, 0.15) is 0 Å². The Bertz CT molecular complexity index is 389. The molecule has 0 fully saturated rings. The Morgan fingerprint density at radius 3 is 2.71 bits per heavy atom. The first-order valence-electron chi connectivity index (χ1n) is 5.79. The van der Waals surface area contributed by atoms with Crippen LogP contribution in [0.4, 0.5) is 10.5 Å². The second-order valence-corrected chi connectivity index (χ2v) is 4.34. The molecule has 0 aliphatic heterocycles. The second kappa shape index (κ2) is 6.25. The summed E-state index contributed by atoms with van der Waals surface area (Å²) >= 11 is 0. The molecule has 1 aromatic carbocycles. The topological polar surface area (TPSA) is 61.4 Å². The number of aryl methyl sites for hydroxylation is 2. The maximum Gasteiger partial charge on any atom is 0.319 e. The number of benzene rings is 1. The first-order valence-corrected chi connectivity index (χ1v) is 5.79. The van der Waals surface area contributed by atoms with Crippen molar-refractivity contribution in [2.75, 3.05) is 11.9 Å². The van der Waals surface area contributed by atoms with Crippen LogP contribution in [-0.2, 0) is 0 Å². The fourth-order valence-corrected chi connectivity index (χ4v) is 1.51. The summed E-state index contributed by atoms with van der Waals surface area (Å²) in [6.07, 6.45) is 0.164. The first-order chi connectivity index (χ1) is 7.99. The quantitative estimate of drug-likeness (QED) is 0.750. The fraction of sp³-hybridized carbons (Fsp3) is 0.462. The van der Waals surface area contributed by atoms with Crippen molar-refractivity contribution in [3.63, 3.8) is 0 Å². The molecule has 1 atom stereocenters. The summed E-state index contributed by atoms with van der Waals surface area (Å²) in [4.78, 5) is 11.5. The van der Waals surface area contributed by atoms with Gasteiger partial charge in [0.15, 0.2) is 0 Å². The predicted octanol–water partition coefficient (Wildman–Crippen LogP) is 2.20.